The summed E-state index contributed by atoms with van der Waals surface area (Å²) in [6, 6.07) is 7.68. The molecule has 6 heteroatoms. The number of anilines is 1. The van der Waals surface area contributed by atoms with Gasteiger partial charge in [0.2, 0.25) is 0 Å². The summed E-state index contributed by atoms with van der Waals surface area (Å²) in [5.41, 5.74) is 1.90. The summed E-state index contributed by atoms with van der Waals surface area (Å²) >= 11 is 0. The molecule has 0 bridgehead atoms. The zero-order chi connectivity index (χ0) is 17.2. The Morgan fingerprint density at radius 3 is 2.50 bits per heavy atom. The molecule has 6 nitrogen and oxygen atoms in total. The summed E-state index contributed by atoms with van der Waals surface area (Å²) in [5.74, 6) is -1.20. The topological polar surface area (TPSA) is 73.5 Å². The van der Waals surface area contributed by atoms with Gasteiger partial charge in [0.25, 0.3) is 0 Å². The van der Waals surface area contributed by atoms with Gasteiger partial charge in [-0.25, -0.2) is 0 Å². The van der Waals surface area contributed by atoms with Gasteiger partial charge in [0, 0.05) is 45.0 Å². The first-order valence-corrected chi connectivity index (χ1v) is 8.80. The molecule has 0 aromatic heterocycles. The highest BCUT2D eigenvalue weighted by Crippen LogP contribution is 2.11. The number of hydrogen-bond acceptors (Lipinski definition) is 4. The van der Waals surface area contributed by atoms with Crippen LogP contribution in [0.15, 0.2) is 24.3 Å². The Balaban J connectivity index is 1.69. The van der Waals surface area contributed by atoms with Gasteiger partial charge in [-0.1, -0.05) is 25.5 Å². The largest absolute Gasteiger partial charge is 0.347 e. The summed E-state index contributed by atoms with van der Waals surface area (Å²) in [6.07, 6.45) is 3.35. The number of benzene rings is 1. The average molecular weight is 332 g/mol. The van der Waals surface area contributed by atoms with Gasteiger partial charge in [-0.2, -0.15) is 0 Å². The molecule has 1 fully saturated rings. The standard InChI is InChI=1S/C18H28N4O2/c1-2-3-4-15-5-7-16(8-6-15)21-18(24)17(23)20-11-14-22-12-9-19-10-13-22/h5-8,19H,2-4,9-14H2,1H3,(H,20,23)(H,21,24). The Hall–Kier alpha value is -1.92. The van der Waals surface area contributed by atoms with Crippen molar-refractivity contribution in [3.8, 4) is 0 Å². The minimum absolute atomic E-state index is 0.488. The quantitative estimate of drug-likeness (QED) is 0.651. The third-order valence-electron chi connectivity index (χ3n) is 4.16. The molecule has 0 atom stereocenters. The average Bonchev–Trinajstić information content (AvgIpc) is 2.62. The molecule has 0 radical (unpaired) electrons. The number of unbranched alkanes of at least 4 members (excludes halogenated alkanes) is 1. The SMILES string of the molecule is CCCCc1ccc(NC(=O)C(=O)NCCN2CCNCC2)cc1. The second-order valence-electron chi connectivity index (χ2n) is 6.10. The van der Waals surface area contributed by atoms with Crippen molar-refractivity contribution in [2.75, 3.05) is 44.6 Å². The lowest BCUT2D eigenvalue weighted by atomic mass is 10.1. The number of amides is 2. The molecule has 0 unspecified atom stereocenters. The monoisotopic (exact) mass is 332 g/mol. The van der Waals surface area contributed by atoms with Crippen LogP contribution in [0.25, 0.3) is 0 Å². The number of hydrogen-bond donors (Lipinski definition) is 3. The third kappa shape index (κ3) is 6.29. The summed E-state index contributed by atoms with van der Waals surface area (Å²) in [7, 11) is 0. The van der Waals surface area contributed by atoms with Crippen molar-refractivity contribution in [2.24, 2.45) is 0 Å². The maximum absolute atomic E-state index is 11.9. The van der Waals surface area contributed by atoms with Gasteiger partial charge in [-0.05, 0) is 30.5 Å². The maximum atomic E-state index is 11.9. The van der Waals surface area contributed by atoms with E-state index in [4.69, 9.17) is 0 Å². The van der Waals surface area contributed by atoms with Gasteiger partial charge in [0.15, 0.2) is 0 Å². The van der Waals surface area contributed by atoms with Crippen molar-refractivity contribution in [1.29, 1.82) is 0 Å². The predicted octanol–water partition coefficient (Wildman–Crippen LogP) is 0.989. The van der Waals surface area contributed by atoms with Gasteiger partial charge in [-0.3, -0.25) is 14.5 Å². The number of nitrogens with one attached hydrogen (secondary N) is 3. The van der Waals surface area contributed by atoms with Crippen molar-refractivity contribution < 1.29 is 9.59 Å². The van der Waals surface area contributed by atoms with Crippen LogP contribution in [0.1, 0.15) is 25.3 Å². The van der Waals surface area contributed by atoms with E-state index in [-0.39, 0.29) is 0 Å². The number of rotatable bonds is 7. The summed E-state index contributed by atoms with van der Waals surface area (Å²) < 4.78 is 0. The first-order valence-electron chi connectivity index (χ1n) is 8.80. The zero-order valence-corrected chi connectivity index (χ0v) is 14.4. The number of carbonyl (C=O) groups is 2. The minimum Gasteiger partial charge on any atom is -0.347 e. The number of piperazine rings is 1. The third-order valence-corrected chi connectivity index (χ3v) is 4.16. The van der Waals surface area contributed by atoms with Crippen LogP contribution in [0.3, 0.4) is 0 Å². The van der Waals surface area contributed by atoms with Crippen molar-refractivity contribution in [2.45, 2.75) is 26.2 Å². The first-order chi connectivity index (χ1) is 11.7. The van der Waals surface area contributed by atoms with Crippen LogP contribution in [0, 0.1) is 0 Å². The van der Waals surface area contributed by atoms with Crippen LogP contribution in [0.4, 0.5) is 5.69 Å². The van der Waals surface area contributed by atoms with Crippen molar-refractivity contribution in [3.63, 3.8) is 0 Å². The van der Waals surface area contributed by atoms with E-state index in [0.717, 1.165) is 52.0 Å². The molecule has 0 spiro atoms. The number of aryl methyl sites for hydroxylation is 1. The van der Waals surface area contributed by atoms with Crippen molar-refractivity contribution >= 4 is 17.5 Å². The fourth-order valence-corrected chi connectivity index (χ4v) is 2.67. The van der Waals surface area contributed by atoms with Gasteiger partial charge in [-0.15, -0.1) is 0 Å². The van der Waals surface area contributed by atoms with E-state index in [1.54, 1.807) is 0 Å². The summed E-state index contributed by atoms with van der Waals surface area (Å²) in [4.78, 5) is 26.0. The van der Waals surface area contributed by atoms with Gasteiger partial charge >= 0.3 is 11.8 Å². The smallest absolute Gasteiger partial charge is 0.313 e. The summed E-state index contributed by atoms with van der Waals surface area (Å²) in [6.45, 7) is 7.33. The highest BCUT2D eigenvalue weighted by atomic mass is 16.2. The van der Waals surface area contributed by atoms with Crippen LogP contribution in [-0.4, -0.2) is 56.0 Å². The van der Waals surface area contributed by atoms with Gasteiger partial charge in [0.1, 0.15) is 0 Å². The fourth-order valence-electron chi connectivity index (χ4n) is 2.67. The predicted molar refractivity (Wildman–Crippen MR) is 96.0 cm³/mol. The molecule has 1 saturated heterocycles. The van der Waals surface area contributed by atoms with Crippen LogP contribution >= 0.6 is 0 Å². The normalized spacial score (nSPS) is 15.0. The van der Waals surface area contributed by atoms with Crippen LogP contribution in [-0.2, 0) is 16.0 Å². The highest BCUT2D eigenvalue weighted by molar-refractivity contribution is 6.39. The lowest BCUT2D eigenvalue weighted by molar-refractivity contribution is -0.136. The molecule has 1 aromatic rings. The van der Waals surface area contributed by atoms with Crippen LogP contribution in [0.5, 0.6) is 0 Å². The Morgan fingerprint density at radius 1 is 1.12 bits per heavy atom. The zero-order valence-electron chi connectivity index (χ0n) is 14.4. The van der Waals surface area contributed by atoms with E-state index in [1.807, 2.05) is 24.3 Å². The molecule has 2 rings (SSSR count). The second-order valence-corrected chi connectivity index (χ2v) is 6.10. The Kier molecular flexibility index (Phi) is 7.71. The van der Waals surface area contributed by atoms with Crippen molar-refractivity contribution in [1.82, 2.24) is 15.5 Å². The Labute approximate surface area is 144 Å². The molecular weight excluding hydrogens is 304 g/mol. The first kappa shape index (κ1) is 18.4. The lowest BCUT2D eigenvalue weighted by Crippen LogP contribution is -2.47. The molecule has 1 aliphatic heterocycles. The molecular formula is C18H28N4O2. The molecule has 132 valence electrons. The number of carbonyl (C=O) groups excluding carboxylic acids is 2. The van der Waals surface area contributed by atoms with Gasteiger partial charge in [0.05, 0.1) is 0 Å². The van der Waals surface area contributed by atoms with E-state index < -0.39 is 11.8 Å². The fraction of sp³-hybridized carbons (Fsp3) is 0.556. The molecule has 1 aromatic carbocycles. The van der Waals surface area contributed by atoms with E-state index in [0.29, 0.717) is 12.2 Å². The van der Waals surface area contributed by atoms with Gasteiger partial charge < -0.3 is 16.0 Å². The van der Waals surface area contributed by atoms with Crippen LogP contribution < -0.4 is 16.0 Å². The van der Waals surface area contributed by atoms with E-state index >= 15 is 0 Å². The van der Waals surface area contributed by atoms with E-state index in [1.165, 1.54) is 5.56 Å². The molecule has 1 heterocycles. The molecule has 1 aliphatic rings. The molecule has 3 N–H and O–H groups in total. The molecule has 0 aliphatic carbocycles. The highest BCUT2D eigenvalue weighted by Gasteiger charge is 2.14. The lowest BCUT2D eigenvalue weighted by Gasteiger charge is -2.26. The van der Waals surface area contributed by atoms with Crippen molar-refractivity contribution in [3.05, 3.63) is 29.8 Å². The minimum atomic E-state index is -0.614. The second kappa shape index (κ2) is 10.1. The number of nitrogens with zero attached hydrogens (tertiary/aromatic N) is 1. The molecule has 24 heavy (non-hydrogen) atoms. The molecule has 0 saturated carbocycles. The Bertz CT molecular complexity index is 524. The van der Waals surface area contributed by atoms with E-state index in [2.05, 4.69) is 27.8 Å². The Morgan fingerprint density at radius 2 is 1.83 bits per heavy atom. The molecule has 2 amide bonds. The summed E-state index contributed by atoms with van der Waals surface area (Å²) in [5, 5.41) is 8.60. The van der Waals surface area contributed by atoms with Crippen LogP contribution in [0.2, 0.25) is 0 Å². The van der Waals surface area contributed by atoms with E-state index in [9.17, 15) is 9.59 Å². The maximum Gasteiger partial charge on any atom is 0.313 e.